The van der Waals surface area contributed by atoms with Gasteiger partial charge in [-0.3, -0.25) is 9.59 Å². The molecule has 0 heterocycles. The summed E-state index contributed by atoms with van der Waals surface area (Å²) >= 11 is 0. The average Bonchev–Trinajstić information content (AvgIpc) is 2.61. The number of hydrogen-bond donors (Lipinski definition) is 2. The quantitative estimate of drug-likeness (QED) is 0.839. The molecular formula is C19H27FN2O2. The number of amides is 2. The second-order valence-corrected chi connectivity index (χ2v) is 6.71. The van der Waals surface area contributed by atoms with Gasteiger partial charge in [-0.1, -0.05) is 19.1 Å². The standard InChI is InChI=1S/C19H27FN2O2/c1-3-13(2)22-19(24)16-8-6-15(7-9-16)18(23)21-12-14-4-10-17(20)11-5-14/h4-5,10-11,13,15-16H,3,6-9,12H2,1-2H3,(H,21,23)(H,22,24). The van der Waals surface area contributed by atoms with Gasteiger partial charge in [-0.2, -0.15) is 0 Å². The summed E-state index contributed by atoms with van der Waals surface area (Å²) in [5, 5.41) is 5.94. The molecule has 1 atom stereocenters. The second-order valence-electron chi connectivity index (χ2n) is 6.71. The summed E-state index contributed by atoms with van der Waals surface area (Å²) in [4.78, 5) is 24.4. The van der Waals surface area contributed by atoms with Crippen LogP contribution in [0.1, 0.15) is 51.5 Å². The summed E-state index contributed by atoms with van der Waals surface area (Å²) in [5.41, 5.74) is 0.881. The van der Waals surface area contributed by atoms with E-state index in [0.717, 1.165) is 37.7 Å². The molecule has 1 unspecified atom stereocenters. The molecule has 4 nitrogen and oxygen atoms in total. The maximum atomic E-state index is 12.9. The van der Waals surface area contributed by atoms with E-state index >= 15 is 0 Å². The summed E-state index contributed by atoms with van der Waals surface area (Å²) in [6.07, 6.45) is 3.93. The lowest BCUT2D eigenvalue weighted by atomic mass is 9.81. The van der Waals surface area contributed by atoms with Gasteiger partial charge >= 0.3 is 0 Å². The zero-order chi connectivity index (χ0) is 17.5. The van der Waals surface area contributed by atoms with Crippen molar-refractivity contribution in [2.45, 2.75) is 58.5 Å². The van der Waals surface area contributed by atoms with Crippen molar-refractivity contribution in [2.75, 3.05) is 0 Å². The van der Waals surface area contributed by atoms with E-state index in [0.29, 0.717) is 6.54 Å². The zero-order valence-corrected chi connectivity index (χ0v) is 14.5. The fourth-order valence-electron chi connectivity index (χ4n) is 3.02. The van der Waals surface area contributed by atoms with Crippen LogP contribution in [-0.4, -0.2) is 17.9 Å². The van der Waals surface area contributed by atoms with Gasteiger partial charge in [0, 0.05) is 24.4 Å². The van der Waals surface area contributed by atoms with Crippen LogP contribution in [0, 0.1) is 17.7 Å². The largest absolute Gasteiger partial charge is 0.353 e. The lowest BCUT2D eigenvalue weighted by molar-refractivity contribution is -0.131. The second kappa shape index (κ2) is 8.81. The third kappa shape index (κ3) is 5.32. The van der Waals surface area contributed by atoms with E-state index in [1.807, 2.05) is 13.8 Å². The van der Waals surface area contributed by atoms with E-state index in [-0.39, 0.29) is 35.5 Å². The van der Waals surface area contributed by atoms with Gasteiger partial charge in [0.05, 0.1) is 0 Å². The van der Waals surface area contributed by atoms with Gasteiger partial charge in [-0.25, -0.2) is 4.39 Å². The maximum Gasteiger partial charge on any atom is 0.223 e. The highest BCUT2D eigenvalue weighted by atomic mass is 19.1. The minimum Gasteiger partial charge on any atom is -0.353 e. The minimum atomic E-state index is -0.279. The topological polar surface area (TPSA) is 58.2 Å². The van der Waals surface area contributed by atoms with Gasteiger partial charge in [-0.15, -0.1) is 0 Å². The first kappa shape index (κ1) is 18.4. The normalized spacial score (nSPS) is 21.8. The first-order valence-electron chi connectivity index (χ1n) is 8.82. The maximum absolute atomic E-state index is 12.9. The van der Waals surface area contributed by atoms with Crippen molar-refractivity contribution in [3.8, 4) is 0 Å². The van der Waals surface area contributed by atoms with Crippen LogP contribution in [0.25, 0.3) is 0 Å². The molecule has 1 aromatic rings. The van der Waals surface area contributed by atoms with Gasteiger partial charge < -0.3 is 10.6 Å². The van der Waals surface area contributed by atoms with E-state index in [2.05, 4.69) is 10.6 Å². The fourth-order valence-corrected chi connectivity index (χ4v) is 3.02. The van der Waals surface area contributed by atoms with Crippen molar-refractivity contribution in [3.63, 3.8) is 0 Å². The first-order valence-corrected chi connectivity index (χ1v) is 8.82. The minimum absolute atomic E-state index is 0.0279. The number of hydrogen-bond acceptors (Lipinski definition) is 2. The molecule has 0 aliphatic heterocycles. The Labute approximate surface area is 143 Å². The Kier molecular flexibility index (Phi) is 6.76. The van der Waals surface area contributed by atoms with Crippen molar-refractivity contribution >= 4 is 11.8 Å². The van der Waals surface area contributed by atoms with E-state index in [1.54, 1.807) is 12.1 Å². The van der Waals surface area contributed by atoms with Crippen molar-refractivity contribution in [2.24, 2.45) is 11.8 Å². The number of carbonyl (C=O) groups is 2. The van der Waals surface area contributed by atoms with E-state index in [4.69, 9.17) is 0 Å². The van der Waals surface area contributed by atoms with Gasteiger partial charge in [0.1, 0.15) is 5.82 Å². The molecule has 2 N–H and O–H groups in total. The van der Waals surface area contributed by atoms with Crippen LogP contribution in [0.3, 0.4) is 0 Å². The lowest BCUT2D eigenvalue weighted by Crippen LogP contribution is -2.40. The molecule has 24 heavy (non-hydrogen) atoms. The van der Waals surface area contributed by atoms with Crippen LogP contribution >= 0.6 is 0 Å². The van der Waals surface area contributed by atoms with Crippen LogP contribution in [0.15, 0.2) is 24.3 Å². The Morgan fingerprint density at radius 3 is 2.17 bits per heavy atom. The summed E-state index contributed by atoms with van der Waals surface area (Å²) in [6, 6.07) is 6.33. The molecule has 1 aliphatic carbocycles. The Balaban J connectivity index is 1.74. The third-order valence-electron chi connectivity index (χ3n) is 4.85. The molecular weight excluding hydrogens is 307 g/mol. The van der Waals surface area contributed by atoms with Gasteiger partial charge in [0.25, 0.3) is 0 Å². The summed E-state index contributed by atoms with van der Waals surface area (Å²) in [7, 11) is 0. The van der Waals surface area contributed by atoms with E-state index in [9.17, 15) is 14.0 Å². The number of nitrogens with one attached hydrogen (secondary N) is 2. The summed E-state index contributed by atoms with van der Waals surface area (Å²) in [6.45, 7) is 4.47. The Morgan fingerprint density at radius 1 is 1.08 bits per heavy atom. The van der Waals surface area contributed by atoms with E-state index in [1.165, 1.54) is 12.1 Å². The lowest BCUT2D eigenvalue weighted by Gasteiger charge is -2.28. The van der Waals surface area contributed by atoms with Gasteiger partial charge in [0.15, 0.2) is 0 Å². The van der Waals surface area contributed by atoms with Crippen LogP contribution in [0.2, 0.25) is 0 Å². The van der Waals surface area contributed by atoms with Gasteiger partial charge in [-0.05, 0) is 56.7 Å². The van der Waals surface area contributed by atoms with Crippen molar-refractivity contribution < 1.29 is 14.0 Å². The molecule has 132 valence electrons. The van der Waals surface area contributed by atoms with Crippen LogP contribution in [-0.2, 0) is 16.1 Å². The zero-order valence-electron chi connectivity index (χ0n) is 14.5. The summed E-state index contributed by atoms with van der Waals surface area (Å²) in [5.74, 6) is -0.132. The molecule has 0 aromatic heterocycles. The highest BCUT2D eigenvalue weighted by Crippen LogP contribution is 2.29. The fraction of sp³-hybridized carbons (Fsp3) is 0.579. The van der Waals surface area contributed by atoms with E-state index < -0.39 is 0 Å². The molecule has 1 aromatic carbocycles. The van der Waals surface area contributed by atoms with Crippen molar-refractivity contribution in [1.29, 1.82) is 0 Å². The molecule has 2 amide bonds. The molecule has 0 radical (unpaired) electrons. The predicted octanol–water partition coefficient (Wildman–Crippen LogP) is 3.16. The Bertz CT molecular complexity index is 551. The predicted molar refractivity (Wildman–Crippen MR) is 91.6 cm³/mol. The molecule has 5 heteroatoms. The first-order chi connectivity index (χ1) is 11.5. The molecule has 2 rings (SSSR count). The number of halogens is 1. The van der Waals surface area contributed by atoms with Crippen LogP contribution < -0.4 is 10.6 Å². The highest BCUT2D eigenvalue weighted by Gasteiger charge is 2.30. The molecule has 1 saturated carbocycles. The number of carbonyl (C=O) groups excluding carboxylic acids is 2. The van der Waals surface area contributed by atoms with Crippen molar-refractivity contribution in [1.82, 2.24) is 10.6 Å². The smallest absolute Gasteiger partial charge is 0.223 e. The number of benzene rings is 1. The molecule has 1 aliphatic rings. The Hall–Kier alpha value is -1.91. The monoisotopic (exact) mass is 334 g/mol. The number of rotatable bonds is 6. The Morgan fingerprint density at radius 2 is 1.62 bits per heavy atom. The summed E-state index contributed by atoms with van der Waals surface area (Å²) < 4.78 is 12.9. The van der Waals surface area contributed by atoms with Crippen molar-refractivity contribution in [3.05, 3.63) is 35.6 Å². The average molecular weight is 334 g/mol. The van der Waals surface area contributed by atoms with Crippen LogP contribution in [0.4, 0.5) is 4.39 Å². The van der Waals surface area contributed by atoms with Gasteiger partial charge in [0.2, 0.25) is 11.8 Å². The molecule has 0 spiro atoms. The third-order valence-corrected chi connectivity index (χ3v) is 4.85. The highest BCUT2D eigenvalue weighted by molar-refractivity contribution is 5.81. The van der Waals surface area contributed by atoms with Crippen LogP contribution in [0.5, 0.6) is 0 Å². The molecule has 0 bridgehead atoms. The molecule has 1 fully saturated rings. The molecule has 0 saturated heterocycles. The SMILES string of the molecule is CCC(C)NC(=O)C1CCC(C(=O)NCc2ccc(F)cc2)CC1.